The van der Waals surface area contributed by atoms with E-state index in [9.17, 15) is 18.0 Å². The highest BCUT2D eigenvalue weighted by atomic mass is 19.4. The van der Waals surface area contributed by atoms with Gasteiger partial charge in [-0.15, -0.1) is 0 Å². The number of amides is 1. The van der Waals surface area contributed by atoms with Crippen LogP contribution < -0.4 is 16.2 Å². The SMILES string of the molecule is NC(=O)c1cc(N)ccc1OCOCC(F)(F)F. The first-order chi connectivity index (χ1) is 8.29. The van der Waals surface area contributed by atoms with Gasteiger partial charge in [0.2, 0.25) is 0 Å². The Balaban J connectivity index is 2.59. The zero-order chi connectivity index (χ0) is 13.8. The molecule has 1 aromatic carbocycles. The van der Waals surface area contributed by atoms with E-state index in [1.165, 1.54) is 18.2 Å². The van der Waals surface area contributed by atoms with Crippen molar-refractivity contribution >= 4 is 11.6 Å². The van der Waals surface area contributed by atoms with Crippen LogP contribution in [0.5, 0.6) is 5.75 Å². The van der Waals surface area contributed by atoms with Crippen molar-refractivity contribution in [3.63, 3.8) is 0 Å². The normalized spacial score (nSPS) is 11.3. The fourth-order valence-corrected chi connectivity index (χ4v) is 1.13. The molecule has 0 atom stereocenters. The number of carbonyl (C=O) groups excluding carboxylic acids is 1. The Morgan fingerprint density at radius 3 is 2.56 bits per heavy atom. The van der Waals surface area contributed by atoms with Crippen LogP contribution >= 0.6 is 0 Å². The molecular weight excluding hydrogens is 253 g/mol. The van der Waals surface area contributed by atoms with Crippen LogP contribution in [0.15, 0.2) is 18.2 Å². The average molecular weight is 264 g/mol. The molecule has 0 spiro atoms. The van der Waals surface area contributed by atoms with Gasteiger partial charge in [0.15, 0.2) is 6.79 Å². The Morgan fingerprint density at radius 1 is 1.33 bits per heavy atom. The molecule has 0 unspecified atom stereocenters. The molecule has 1 rings (SSSR count). The van der Waals surface area contributed by atoms with Gasteiger partial charge in [0.25, 0.3) is 5.91 Å². The summed E-state index contributed by atoms with van der Waals surface area (Å²) in [5.41, 5.74) is 10.8. The maximum atomic E-state index is 11.8. The molecule has 0 aliphatic rings. The van der Waals surface area contributed by atoms with Crippen LogP contribution in [0.2, 0.25) is 0 Å². The number of benzene rings is 1. The van der Waals surface area contributed by atoms with Crippen molar-refractivity contribution in [2.24, 2.45) is 5.73 Å². The summed E-state index contributed by atoms with van der Waals surface area (Å²) in [6, 6.07) is 4.01. The van der Waals surface area contributed by atoms with E-state index in [2.05, 4.69) is 4.74 Å². The molecule has 18 heavy (non-hydrogen) atoms. The fraction of sp³-hybridized carbons (Fsp3) is 0.300. The standard InChI is InChI=1S/C10H11F3N2O3/c11-10(12,13)4-17-5-18-8-2-1-6(14)3-7(8)9(15)16/h1-3H,4-5,14H2,(H2,15,16). The number of carbonyl (C=O) groups is 1. The van der Waals surface area contributed by atoms with Crippen LogP contribution in [0.1, 0.15) is 10.4 Å². The Bertz CT molecular complexity index is 435. The zero-order valence-electron chi connectivity index (χ0n) is 9.16. The lowest BCUT2D eigenvalue weighted by molar-refractivity contribution is -0.186. The van der Waals surface area contributed by atoms with Gasteiger partial charge in [-0.25, -0.2) is 0 Å². The predicted octanol–water partition coefficient (Wildman–Crippen LogP) is 1.28. The molecule has 4 N–H and O–H groups in total. The van der Waals surface area contributed by atoms with Gasteiger partial charge in [0.05, 0.1) is 5.56 Å². The summed E-state index contributed by atoms with van der Waals surface area (Å²) in [6.45, 7) is -2.09. The number of ether oxygens (including phenoxy) is 2. The number of hydrogen-bond acceptors (Lipinski definition) is 4. The maximum Gasteiger partial charge on any atom is 0.411 e. The van der Waals surface area contributed by atoms with E-state index in [0.29, 0.717) is 0 Å². The molecule has 1 amide bonds. The summed E-state index contributed by atoms with van der Waals surface area (Å²) >= 11 is 0. The van der Waals surface area contributed by atoms with E-state index in [-0.39, 0.29) is 17.0 Å². The molecule has 1 aromatic rings. The molecule has 0 saturated carbocycles. The molecule has 0 bridgehead atoms. The second-order valence-corrected chi connectivity index (χ2v) is 3.35. The minimum Gasteiger partial charge on any atom is -0.467 e. The van der Waals surface area contributed by atoms with Crippen molar-refractivity contribution in [3.05, 3.63) is 23.8 Å². The summed E-state index contributed by atoms with van der Waals surface area (Å²) in [6.07, 6.45) is -4.43. The van der Waals surface area contributed by atoms with Crippen LogP contribution in [0.4, 0.5) is 18.9 Å². The molecule has 100 valence electrons. The number of nitrogen functional groups attached to an aromatic ring is 1. The van der Waals surface area contributed by atoms with Crippen LogP contribution in [-0.2, 0) is 4.74 Å². The quantitative estimate of drug-likeness (QED) is 0.476. The Hall–Kier alpha value is -1.96. The summed E-state index contributed by atoms with van der Waals surface area (Å²) in [5, 5.41) is 0. The van der Waals surface area contributed by atoms with Crippen molar-refractivity contribution in [1.82, 2.24) is 0 Å². The highest BCUT2D eigenvalue weighted by Crippen LogP contribution is 2.21. The first-order valence-corrected chi connectivity index (χ1v) is 4.76. The van der Waals surface area contributed by atoms with Gasteiger partial charge in [-0.2, -0.15) is 13.2 Å². The molecule has 8 heteroatoms. The van der Waals surface area contributed by atoms with Crippen molar-refractivity contribution in [3.8, 4) is 5.75 Å². The highest BCUT2D eigenvalue weighted by Gasteiger charge is 2.27. The minimum absolute atomic E-state index is 0.0128. The predicted molar refractivity (Wildman–Crippen MR) is 56.9 cm³/mol. The minimum atomic E-state index is -4.43. The van der Waals surface area contributed by atoms with Crippen molar-refractivity contribution in [1.29, 1.82) is 0 Å². The Kier molecular flexibility index (Phi) is 4.38. The van der Waals surface area contributed by atoms with E-state index < -0.39 is 25.5 Å². The second-order valence-electron chi connectivity index (χ2n) is 3.35. The third-order valence-electron chi connectivity index (χ3n) is 1.83. The van der Waals surface area contributed by atoms with Gasteiger partial charge in [-0.05, 0) is 18.2 Å². The van der Waals surface area contributed by atoms with Crippen LogP contribution in [0.25, 0.3) is 0 Å². The third-order valence-corrected chi connectivity index (χ3v) is 1.83. The summed E-state index contributed by atoms with van der Waals surface area (Å²) in [7, 11) is 0. The molecule has 5 nitrogen and oxygen atoms in total. The Labute approximate surface area is 100 Å². The van der Waals surface area contributed by atoms with Gasteiger partial charge >= 0.3 is 6.18 Å². The molecule has 0 aromatic heterocycles. The molecule has 0 saturated heterocycles. The Morgan fingerprint density at radius 2 is 2.00 bits per heavy atom. The van der Waals surface area contributed by atoms with Gasteiger partial charge in [-0.1, -0.05) is 0 Å². The molecule has 0 aliphatic carbocycles. The number of alkyl halides is 3. The van der Waals surface area contributed by atoms with E-state index in [4.69, 9.17) is 16.2 Å². The highest BCUT2D eigenvalue weighted by molar-refractivity contribution is 5.96. The average Bonchev–Trinajstić information content (AvgIpc) is 2.24. The third kappa shape index (κ3) is 4.50. The monoisotopic (exact) mass is 264 g/mol. The zero-order valence-corrected chi connectivity index (χ0v) is 9.16. The number of anilines is 1. The summed E-state index contributed by atoms with van der Waals surface area (Å²) in [4.78, 5) is 11.0. The molecule has 0 heterocycles. The molecular formula is C10H11F3N2O3. The molecule has 0 aliphatic heterocycles. The van der Waals surface area contributed by atoms with Crippen LogP contribution in [0.3, 0.4) is 0 Å². The van der Waals surface area contributed by atoms with Gasteiger partial charge < -0.3 is 20.9 Å². The lowest BCUT2D eigenvalue weighted by Crippen LogP contribution is -2.20. The second kappa shape index (κ2) is 5.58. The molecule has 0 fully saturated rings. The first-order valence-electron chi connectivity index (χ1n) is 4.76. The van der Waals surface area contributed by atoms with Crippen LogP contribution in [-0.4, -0.2) is 25.5 Å². The fourth-order valence-electron chi connectivity index (χ4n) is 1.13. The maximum absolute atomic E-state index is 11.8. The number of halogens is 3. The van der Waals surface area contributed by atoms with Crippen molar-refractivity contribution in [2.45, 2.75) is 6.18 Å². The summed E-state index contributed by atoms with van der Waals surface area (Å²) < 4.78 is 44.4. The lowest BCUT2D eigenvalue weighted by Gasteiger charge is -2.11. The number of nitrogens with two attached hydrogens (primary N) is 2. The van der Waals surface area contributed by atoms with E-state index in [1.807, 2.05) is 0 Å². The summed E-state index contributed by atoms with van der Waals surface area (Å²) in [5.74, 6) is -0.785. The van der Waals surface area contributed by atoms with Gasteiger partial charge in [0.1, 0.15) is 12.4 Å². The van der Waals surface area contributed by atoms with Crippen molar-refractivity contribution < 1.29 is 27.4 Å². The lowest BCUT2D eigenvalue weighted by atomic mass is 10.1. The largest absolute Gasteiger partial charge is 0.467 e. The smallest absolute Gasteiger partial charge is 0.411 e. The first kappa shape index (κ1) is 14.1. The van der Waals surface area contributed by atoms with Crippen molar-refractivity contribution in [2.75, 3.05) is 19.1 Å². The number of hydrogen-bond donors (Lipinski definition) is 2. The van der Waals surface area contributed by atoms with E-state index >= 15 is 0 Å². The van der Waals surface area contributed by atoms with Gasteiger partial charge in [-0.3, -0.25) is 4.79 Å². The van der Waals surface area contributed by atoms with E-state index in [0.717, 1.165) is 0 Å². The van der Waals surface area contributed by atoms with Crippen LogP contribution in [0, 0.1) is 0 Å². The number of primary amides is 1. The van der Waals surface area contributed by atoms with E-state index in [1.54, 1.807) is 0 Å². The number of rotatable bonds is 5. The topological polar surface area (TPSA) is 87.6 Å². The molecule has 0 radical (unpaired) electrons. The van der Waals surface area contributed by atoms with Gasteiger partial charge in [0, 0.05) is 5.69 Å².